The van der Waals surface area contributed by atoms with Crippen LogP contribution >= 0.6 is 0 Å². The van der Waals surface area contributed by atoms with Crippen molar-refractivity contribution in [3.05, 3.63) is 36.3 Å². The van der Waals surface area contributed by atoms with Crippen LogP contribution in [0.1, 0.15) is 12.6 Å². The Morgan fingerprint density at radius 2 is 2.27 bits per heavy atom. The molecular weight excluding hydrogens is 188 g/mol. The van der Waals surface area contributed by atoms with E-state index >= 15 is 0 Å². The zero-order valence-electron chi connectivity index (χ0n) is 8.94. The summed E-state index contributed by atoms with van der Waals surface area (Å²) < 4.78 is 1.81. The number of anilines is 2. The molecule has 0 radical (unpaired) electrons. The number of aromatic nitrogens is 3. The lowest BCUT2D eigenvalue weighted by Gasteiger charge is -2.03. The van der Waals surface area contributed by atoms with Gasteiger partial charge in [0.15, 0.2) is 0 Å². The number of nitrogens with zero attached hydrogens (tertiary/aromatic N) is 3. The van der Waals surface area contributed by atoms with Gasteiger partial charge in [0.2, 0.25) is 0 Å². The molecule has 0 aliphatic carbocycles. The second-order valence-electron chi connectivity index (χ2n) is 3.36. The van der Waals surface area contributed by atoms with Gasteiger partial charge in [-0.25, -0.2) is 4.98 Å². The van der Waals surface area contributed by atoms with E-state index in [-0.39, 0.29) is 0 Å². The molecule has 0 bridgehead atoms. The Morgan fingerprint density at radius 3 is 2.93 bits per heavy atom. The number of rotatable bonds is 3. The molecule has 0 saturated heterocycles. The van der Waals surface area contributed by atoms with Crippen LogP contribution in [0.3, 0.4) is 0 Å². The summed E-state index contributed by atoms with van der Waals surface area (Å²) in [5.41, 5.74) is 2.09. The molecule has 2 heterocycles. The second kappa shape index (κ2) is 4.13. The number of hydrogen-bond acceptors (Lipinski definition) is 3. The summed E-state index contributed by atoms with van der Waals surface area (Å²) in [4.78, 5) is 4.21. The van der Waals surface area contributed by atoms with Crippen LogP contribution in [0, 0.1) is 0 Å². The maximum Gasteiger partial charge on any atom is 0.130 e. The molecule has 0 unspecified atom stereocenters. The maximum atomic E-state index is 4.35. The first-order chi connectivity index (χ1) is 7.29. The quantitative estimate of drug-likeness (QED) is 0.829. The average molecular weight is 202 g/mol. The number of nitrogens with one attached hydrogen (secondary N) is 1. The Balaban J connectivity index is 2.24. The minimum Gasteiger partial charge on any atom is -0.337 e. The van der Waals surface area contributed by atoms with Crippen LogP contribution in [0.5, 0.6) is 0 Å². The zero-order valence-corrected chi connectivity index (χ0v) is 8.94. The summed E-state index contributed by atoms with van der Waals surface area (Å²) >= 11 is 0. The highest BCUT2D eigenvalue weighted by molar-refractivity contribution is 5.57. The van der Waals surface area contributed by atoms with Gasteiger partial charge in [0, 0.05) is 19.4 Å². The van der Waals surface area contributed by atoms with Gasteiger partial charge in [-0.15, -0.1) is 0 Å². The molecule has 15 heavy (non-hydrogen) atoms. The van der Waals surface area contributed by atoms with E-state index in [4.69, 9.17) is 0 Å². The Hall–Kier alpha value is -1.84. The van der Waals surface area contributed by atoms with E-state index in [0.717, 1.165) is 23.6 Å². The van der Waals surface area contributed by atoms with Crippen molar-refractivity contribution in [2.45, 2.75) is 13.3 Å². The van der Waals surface area contributed by atoms with Crippen LogP contribution < -0.4 is 5.32 Å². The summed E-state index contributed by atoms with van der Waals surface area (Å²) in [6.07, 6.45) is 4.65. The zero-order chi connectivity index (χ0) is 10.7. The SMILES string of the molecule is CCc1nn(C)cc1Nc1ccccn1. The van der Waals surface area contributed by atoms with E-state index in [9.17, 15) is 0 Å². The first-order valence-electron chi connectivity index (χ1n) is 5.00. The van der Waals surface area contributed by atoms with Gasteiger partial charge in [-0.1, -0.05) is 13.0 Å². The molecule has 0 spiro atoms. The Bertz CT molecular complexity index is 433. The van der Waals surface area contributed by atoms with E-state index in [0.29, 0.717) is 0 Å². The largest absolute Gasteiger partial charge is 0.337 e. The fraction of sp³-hybridized carbons (Fsp3) is 0.273. The summed E-state index contributed by atoms with van der Waals surface area (Å²) in [6.45, 7) is 2.09. The normalized spacial score (nSPS) is 10.3. The predicted octanol–water partition coefficient (Wildman–Crippen LogP) is 2.12. The summed E-state index contributed by atoms with van der Waals surface area (Å²) in [6, 6.07) is 5.79. The minimum absolute atomic E-state index is 0.847. The second-order valence-corrected chi connectivity index (χ2v) is 3.36. The van der Waals surface area contributed by atoms with Gasteiger partial charge in [-0.05, 0) is 18.6 Å². The van der Waals surface area contributed by atoms with Crippen molar-refractivity contribution in [1.29, 1.82) is 0 Å². The highest BCUT2D eigenvalue weighted by Gasteiger charge is 2.05. The third-order valence-electron chi connectivity index (χ3n) is 2.17. The number of aryl methyl sites for hydroxylation is 2. The van der Waals surface area contributed by atoms with Gasteiger partial charge in [0.25, 0.3) is 0 Å². The average Bonchev–Trinajstić information content (AvgIpc) is 2.60. The monoisotopic (exact) mass is 202 g/mol. The van der Waals surface area contributed by atoms with Crippen molar-refractivity contribution >= 4 is 11.5 Å². The van der Waals surface area contributed by atoms with Gasteiger partial charge in [0.05, 0.1) is 11.4 Å². The summed E-state index contributed by atoms with van der Waals surface area (Å²) in [5, 5.41) is 7.60. The predicted molar refractivity (Wildman–Crippen MR) is 60.1 cm³/mol. The van der Waals surface area contributed by atoms with Gasteiger partial charge in [-0.3, -0.25) is 4.68 Å². The van der Waals surface area contributed by atoms with Crippen molar-refractivity contribution in [3.8, 4) is 0 Å². The lowest BCUT2D eigenvalue weighted by molar-refractivity contribution is 0.746. The van der Waals surface area contributed by atoms with Crippen molar-refractivity contribution in [2.75, 3.05) is 5.32 Å². The maximum absolute atomic E-state index is 4.35. The molecule has 78 valence electrons. The van der Waals surface area contributed by atoms with Gasteiger partial charge >= 0.3 is 0 Å². The van der Waals surface area contributed by atoms with E-state index < -0.39 is 0 Å². The highest BCUT2D eigenvalue weighted by Crippen LogP contribution is 2.18. The molecule has 4 heteroatoms. The molecular formula is C11H14N4. The molecule has 0 saturated carbocycles. The van der Waals surface area contributed by atoms with Crippen molar-refractivity contribution in [3.63, 3.8) is 0 Å². The highest BCUT2D eigenvalue weighted by atomic mass is 15.3. The molecule has 0 aromatic carbocycles. The van der Waals surface area contributed by atoms with Gasteiger partial charge in [-0.2, -0.15) is 5.10 Å². The van der Waals surface area contributed by atoms with Crippen LogP contribution in [0.4, 0.5) is 11.5 Å². The van der Waals surface area contributed by atoms with Gasteiger partial charge < -0.3 is 5.32 Å². The topological polar surface area (TPSA) is 42.7 Å². The minimum atomic E-state index is 0.847. The third-order valence-corrected chi connectivity index (χ3v) is 2.17. The third kappa shape index (κ3) is 2.15. The molecule has 2 rings (SSSR count). The summed E-state index contributed by atoms with van der Waals surface area (Å²) in [7, 11) is 1.92. The lowest BCUT2D eigenvalue weighted by Crippen LogP contribution is -1.94. The van der Waals surface area contributed by atoms with Crippen LogP contribution in [-0.4, -0.2) is 14.8 Å². The number of pyridine rings is 1. The van der Waals surface area contributed by atoms with E-state index in [1.54, 1.807) is 6.20 Å². The Morgan fingerprint density at radius 1 is 1.40 bits per heavy atom. The van der Waals surface area contributed by atoms with Crippen LogP contribution in [-0.2, 0) is 13.5 Å². The molecule has 4 nitrogen and oxygen atoms in total. The Labute approximate surface area is 89.0 Å². The summed E-state index contributed by atoms with van der Waals surface area (Å²) in [5.74, 6) is 0.847. The first-order valence-corrected chi connectivity index (χ1v) is 5.00. The molecule has 0 atom stereocenters. The Kier molecular flexibility index (Phi) is 2.67. The number of hydrogen-bond donors (Lipinski definition) is 1. The van der Waals surface area contributed by atoms with Crippen LogP contribution in [0.2, 0.25) is 0 Å². The molecule has 2 aromatic rings. The van der Waals surface area contributed by atoms with E-state index in [1.807, 2.05) is 36.1 Å². The first kappa shape index (κ1) is 9.71. The molecule has 0 aliphatic rings. The lowest BCUT2D eigenvalue weighted by atomic mass is 10.3. The standard InChI is InChI=1S/C11H14N4/c1-3-9-10(8-15(2)14-9)13-11-6-4-5-7-12-11/h4-8H,3H2,1-2H3,(H,12,13). The smallest absolute Gasteiger partial charge is 0.130 e. The molecule has 0 aliphatic heterocycles. The van der Waals surface area contributed by atoms with E-state index in [2.05, 4.69) is 22.3 Å². The fourth-order valence-corrected chi connectivity index (χ4v) is 1.47. The van der Waals surface area contributed by atoms with Crippen LogP contribution in [0.15, 0.2) is 30.6 Å². The molecule has 1 N–H and O–H groups in total. The van der Waals surface area contributed by atoms with Crippen molar-refractivity contribution in [1.82, 2.24) is 14.8 Å². The van der Waals surface area contributed by atoms with Gasteiger partial charge in [0.1, 0.15) is 5.82 Å². The molecule has 0 fully saturated rings. The molecule has 0 amide bonds. The van der Waals surface area contributed by atoms with E-state index in [1.165, 1.54) is 0 Å². The molecule has 2 aromatic heterocycles. The fourth-order valence-electron chi connectivity index (χ4n) is 1.47. The van der Waals surface area contributed by atoms with Crippen molar-refractivity contribution in [2.24, 2.45) is 7.05 Å². The van der Waals surface area contributed by atoms with Crippen LogP contribution in [0.25, 0.3) is 0 Å². The van der Waals surface area contributed by atoms with Crippen molar-refractivity contribution < 1.29 is 0 Å².